The average Bonchev–Trinajstić information content (AvgIpc) is 2.34. The summed E-state index contributed by atoms with van der Waals surface area (Å²) in [7, 11) is 0. The van der Waals surface area contributed by atoms with Crippen LogP contribution in [0.5, 0.6) is 0 Å². The molecule has 1 aromatic carbocycles. The highest BCUT2D eigenvalue weighted by atomic mass is 16.4. The Morgan fingerprint density at radius 3 is 1.74 bits per heavy atom. The molecular formula is C13H14O6. The molecule has 3 N–H and O–H groups in total. The van der Waals surface area contributed by atoms with E-state index in [-0.39, 0.29) is 0 Å². The Hall–Kier alpha value is -2.37. The van der Waals surface area contributed by atoms with Crippen LogP contribution in [0.4, 0.5) is 0 Å². The zero-order valence-electron chi connectivity index (χ0n) is 10.2. The van der Waals surface area contributed by atoms with Gasteiger partial charge in [-0.2, -0.15) is 0 Å². The van der Waals surface area contributed by atoms with Crippen LogP contribution < -0.4 is 0 Å². The molecule has 1 rings (SSSR count). The van der Waals surface area contributed by atoms with Crippen molar-refractivity contribution in [3.8, 4) is 0 Å². The van der Waals surface area contributed by atoms with E-state index in [0.717, 1.165) is 0 Å². The lowest BCUT2D eigenvalue weighted by Crippen LogP contribution is -2.35. The molecule has 0 heterocycles. The maximum atomic E-state index is 11.1. The molecule has 0 amide bonds. The first-order chi connectivity index (χ1) is 8.86. The Balaban J connectivity index is 3.30. The maximum absolute atomic E-state index is 11.1. The molecular weight excluding hydrogens is 252 g/mol. The van der Waals surface area contributed by atoms with Crippen LogP contribution >= 0.6 is 0 Å². The summed E-state index contributed by atoms with van der Waals surface area (Å²) in [6, 6.07) is 7.96. The first-order valence-electron chi connectivity index (χ1n) is 5.59. The van der Waals surface area contributed by atoms with Gasteiger partial charge in [-0.1, -0.05) is 37.3 Å². The maximum Gasteiger partial charge on any atom is 0.318 e. The summed E-state index contributed by atoms with van der Waals surface area (Å²) in [4.78, 5) is 33.3. The summed E-state index contributed by atoms with van der Waals surface area (Å²) in [5.74, 6) is -8.38. The molecule has 0 aromatic heterocycles. The zero-order chi connectivity index (χ0) is 14.6. The molecule has 2 unspecified atom stereocenters. The van der Waals surface area contributed by atoms with Gasteiger partial charge in [0.25, 0.3) is 0 Å². The molecule has 0 bridgehead atoms. The predicted octanol–water partition coefficient (Wildman–Crippen LogP) is 1.28. The molecule has 2 atom stereocenters. The van der Waals surface area contributed by atoms with Gasteiger partial charge in [0.05, 0.1) is 5.92 Å². The van der Waals surface area contributed by atoms with Gasteiger partial charge in [0.1, 0.15) is 0 Å². The lowest BCUT2D eigenvalue weighted by Gasteiger charge is -2.24. The van der Waals surface area contributed by atoms with E-state index in [1.807, 2.05) is 0 Å². The summed E-state index contributed by atoms with van der Waals surface area (Å²) in [5, 5.41) is 27.1. The molecule has 0 fully saturated rings. The minimum atomic E-state index is -1.80. The van der Waals surface area contributed by atoms with Crippen LogP contribution in [-0.2, 0) is 14.4 Å². The minimum Gasteiger partial charge on any atom is -0.481 e. The number of hydrogen-bond acceptors (Lipinski definition) is 3. The van der Waals surface area contributed by atoms with E-state index in [9.17, 15) is 14.4 Å². The molecule has 0 aliphatic carbocycles. The Labute approximate surface area is 109 Å². The number of aliphatic carboxylic acids is 3. The van der Waals surface area contributed by atoms with Gasteiger partial charge in [-0.05, 0) is 5.56 Å². The topological polar surface area (TPSA) is 112 Å². The smallest absolute Gasteiger partial charge is 0.318 e. The van der Waals surface area contributed by atoms with Gasteiger partial charge in [0, 0.05) is 5.92 Å². The molecule has 102 valence electrons. The zero-order valence-corrected chi connectivity index (χ0v) is 10.2. The fourth-order valence-electron chi connectivity index (χ4n) is 2.01. The van der Waals surface area contributed by atoms with Crippen LogP contribution in [0.15, 0.2) is 30.3 Å². The predicted molar refractivity (Wildman–Crippen MR) is 64.7 cm³/mol. The molecule has 19 heavy (non-hydrogen) atoms. The van der Waals surface area contributed by atoms with Crippen molar-refractivity contribution in [1.82, 2.24) is 0 Å². The molecule has 0 radical (unpaired) electrons. The van der Waals surface area contributed by atoms with Crippen molar-refractivity contribution in [2.24, 2.45) is 11.8 Å². The third-order valence-electron chi connectivity index (χ3n) is 3.00. The fourth-order valence-corrected chi connectivity index (χ4v) is 2.01. The van der Waals surface area contributed by atoms with E-state index in [0.29, 0.717) is 5.56 Å². The van der Waals surface area contributed by atoms with Crippen LogP contribution in [0.2, 0.25) is 0 Å². The number of rotatable bonds is 6. The first kappa shape index (κ1) is 14.7. The Morgan fingerprint density at radius 2 is 1.37 bits per heavy atom. The summed E-state index contributed by atoms with van der Waals surface area (Å²) in [5.41, 5.74) is 0.382. The van der Waals surface area contributed by atoms with Crippen molar-refractivity contribution in [2.75, 3.05) is 0 Å². The van der Waals surface area contributed by atoms with Gasteiger partial charge in [-0.15, -0.1) is 0 Å². The van der Waals surface area contributed by atoms with Gasteiger partial charge < -0.3 is 15.3 Å². The van der Waals surface area contributed by atoms with Gasteiger partial charge >= 0.3 is 17.9 Å². The van der Waals surface area contributed by atoms with Crippen molar-refractivity contribution in [3.63, 3.8) is 0 Å². The largest absolute Gasteiger partial charge is 0.481 e. The second kappa shape index (κ2) is 5.99. The molecule has 6 nitrogen and oxygen atoms in total. The van der Waals surface area contributed by atoms with Crippen molar-refractivity contribution >= 4 is 17.9 Å². The van der Waals surface area contributed by atoms with Crippen molar-refractivity contribution in [1.29, 1.82) is 0 Å². The quantitative estimate of drug-likeness (QED) is 0.668. The number of hydrogen-bond donors (Lipinski definition) is 3. The van der Waals surface area contributed by atoms with Crippen LogP contribution in [0.1, 0.15) is 18.4 Å². The lowest BCUT2D eigenvalue weighted by molar-refractivity contribution is -0.157. The second-order valence-corrected chi connectivity index (χ2v) is 4.22. The van der Waals surface area contributed by atoms with Crippen LogP contribution in [0.25, 0.3) is 0 Å². The van der Waals surface area contributed by atoms with Crippen molar-refractivity contribution < 1.29 is 29.7 Å². The third kappa shape index (κ3) is 3.31. The highest BCUT2D eigenvalue weighted by molar-refractivity contribution is 5.95. The van der Waals surface area contributed by atoms with Crippen LogP contribution in [-0.4, -0.2) is 33.2 Å². The normalized spacial score (nSPS) is 13.8. The molecule has 0 spiro atoms. The molecule has 0 aliphatic rings. The Morgan fingerprint density at radius 1 is 0.895 bits per heavy atom. The molecule has 6 heteroatoms. The summed E-state index contributed by atoms with van der Waals surface area (Å²) in [6.45, 7) is 1.30. The highest BCUT2D eigenvalue weighted by Crippen LogP contribution is 2.33. The fraction of sp³-hybridized carbons (Fsp3) is 0.308. The standard InChI is InChI=1S/C13H14O6/c1-7(11(14)15)9(8-5-3-2-4-6-8)10(12(16)17)13(18)19/h2-7,9-10H,1H3,(H,14,15)(H,16,17)(H,18,19). The van der Waals surface area contributed by atoms with Crippen LogP contribution in [0.3, 0.4) is 0 Å². The van der Waals surface area contributed by atoms with E-state index >= 15 is 0 Å². The summed E-state index contributed by atoms with van der Waals surface area (Å²) >= 11 is 0. The number of carboxylic acid groups (broad SMARTS) is 3. The highest BCUT2D eigenvalue weighted by Gasteiger charge is 2.41. The number of carbonyl (C=O) groups is 3. The Bertz CT molecular complexity index is 467. The van der Waals surface area contributed by atoms with Crippen molar-refractivity contribution in [3.05, 3.63) is 35.9 Å². The average molecular weight is 266 g/mol. The molecule has 0 aliphatic heterocycles. The van der Waals surface area contributed by atoms with E-state index in [2.05, 4.69) is 0 Å². The minimum absolute atomic E-state index is 0.382. The van der Waals surface area contributed by atoms with E-state index in [1.165, 1.54) is 19.1 Å². The lowest BCUT2D eigenvalue weighted by atomic mass is 9.77. The molecule has 0 saturated carbocycles. The van der Waals surface area contributed by atoms with Gasteiger partial charge in [-0.25, -0.2) is 0 Å². The summed E-state index contributed by atoms with van der Waals surface area (Å²) < 4.78 is 0. The summed E-state index contributed by atoms with van der Waals surface area (Å²) in [6.07, 6.45) is 0. The molecule has 0 saturated heterocycles. The third-order valence-corrected chi connectivity index (χ3v) is 3.00. The first-order valence-corrected chi connectivity index (χ1v) is 5.59. The van der Waals surface area contributed by atoms with Gasteiger partial charge in [0.2, 0.25) is 0 Å². The van der Waals surface area contributed by atoms with Gasteiger partial charge in [-0.3, -0.25) is 14.4 Å². The van der Waals surface area contributed by atoms with Crippen molar-refractivity contribution in [2.45, 2.75) is 12.8 Å². The van der Waals surface area contributed by atoms with E-state index < -0.39 is 35.7 Å². The monoisotopic (exact) mass is 266 g/mol. The number of carboxylic acids is 3. The SMILES string of the molecule is CC(C(=O)O)C(c1ccccc1)C(C(=O)O)C(=O)O. The number of benzene rings is 1. The van der Waals surface area contributed by atoms with Gasteiger partial charge in [0.15, 0.2) is 5.92 Å². The van der Waals surface area contributed by atoms with E-state index in [1.54, 1.807) is 18.2 Å². The second-order valence-electron chi connectivity index (χ2n) is 4.22. The molecule has 1 aromatic rings. The van der Waals surface area contributed by atoms with Crippen LogP contribution in [0, 0.1) is 11.8 Å². The van der Waals surface area contributed by atoms with E-state index in [4.69, 9.17) is 15.3 Å². The Kier molecular flexibility index (Phi) is 4.63.